The first-order valence-corrected chi connectivity index (χ1v) is 5.90. The van der Waals surface area contributed by atoms with Gasteiger partial charge >= 0.3 is 5.97 Å². The number of benzene rings is 1. The van der Waals surface area contributed by atoms with Crippen molar-refractivity contribution in [3.63, 3.8) is 0 Å². The van der Waals surface area contributed by atoms with Crippen LogP contribution in [0.5, 0.6) is 0 Å². The number of likely N-dealkylation sites (N-methyl/N-ethyl adjacent to an activating group) is 1. The lowest BCUT2D eigenvalue weighted by Crippen LogP contribution is -2.47. The maximum atomic E-state index is 11.1. The molecule has 1 aromatic carbocycles. The van der Waals surface area contributed by atoms with Crippen LogP contribution in [0.15, 0.2) is 24.3 Å². The first kappa shape index (κ1) is 13.7. The van der Waals surface area contributed by atoms with Crippen molar-refractivity contribution in [2.45, 2.75) is 39.3 Å². The summed E-state index contributed by atoms with van der Waals surface area (Å²) in [5.41, 5.74) is 1.59. The highest BCUT2D eigenvalue weighted by Gasteiger charge is 2.31. The van der Waals surface area contributed by atoms with Gasteiger partial charge < -0.3 is 5.11 Å². The van der Waals surface area contributed by atoms with E-state index in [1.54, 1.807) is 13.8 Å². The Balaban J connectivity index is 2.74. The predicted octanol–water partition coefficient (Wildman–Crippen LogP) is 2.54. The Morgan fingerprint density at radius 3 is 2.12 bits per heavy atom. The average molecular weight is 235 g/mol. The molecule has 0 aliphatic carbocycles. The Bertz CT molecular complexity index is 382. The third-order valence-electron chi connectivity index (χ3n) is 3.33. The number of carboxylic acid groups (broad SMARTS) is 1. The zero-order valence-corrected chi connectivity index (χ0v) is 11.0. The van der Waals surface area contributed by atoms with Crippen molar-refractivity contribution in [2.75, 3.05) is 7.05 Å². The van der Waals surface area contributed by atoms with Crippen LogP contribution < -0.4 is 0 Å². The van der Waals surface area contributed by atoms with Crippen LogP contribution in [0, 0.1) is 0 Å². The Hall–Kier alpha value is -1.35. The molecule has 1 rings (SSSR count). The summed E-state index contributed by atoms with van der Waals surface area (Å²) < 4.78 is 0. The largest absolute Gasteiger partial charge is 0.480 e. The van der Waals surface area contributed by atoms with E-state index in [0.29, 0.717) is 6.54 Å². The highest BCUT2D eigenvalue weighted by molar-refractivity contribution is 5.77. The molecule has 0 unspecified atom stereocenters. The van der Waals surface area contributed by atoms with Gasteiger partial charge in [-0.05, 0) is 38.4 Å². The summed E-state index contributed by atoms with van der Waals surface area (Å²) in [5, 5.41) is 9.13. The number of carboxylic acids is 1. The van der Waals surface area contributed by atoms with Gasteiger partial charge in [-0.3, -0.25) is 9.69 Å². The van der Waals surface area contributed by atoms with E-state index in [1.807, 2.05) is 11.9 Å². The monoisotopic (exact) mass is 235 g/mol. The molecule has 0 radical (unpaired) electrons. The SMILES string of the molecule is CCc1ccc(CN(C)C(C)(C)C(=O)O)cc1. The molecule has 3 nitrogen and oxygen atoms in total. The Kier molecular flexibility index (Phi) is 4.29. The molecule has 0 amide bonds. The molecule has 94 valence electrons. The molecule has 3 heteroatoms. The van der Waals surface area contributed by atoms with Gasteiger partial charge in [-0.15, -0.1) is 0 Å². The molecule has 0 spiro atoms. The standard InChI is InChI=1S/C14H21NO2/c1-5-11-6-8-12(9-7-11)10-15(4)14(2,3)13(16)17/h6-9H,5,10H2,1-4H3,(H,16,17). The molecular formula is C14H21NO2. The van der Waals surface area contributed by atoms with Crippen molar-refractivity contribution < 1.29 is 9.90 Å². The predicted molar refractivity (Wildman–Crippen MR) is 69.0 cm³/mol. The van der Waals surface area contributed by atoms with E-state index >= 15 is 0 Å². The summed E-state index contributed by atoms with van der Waals surface area (Å²) in [5.74, 6) is -0.801. The van der Waals surface area contributed by atoms with Crippen LogP contribution in [0.1, 0.15) is 31.9 Å². The van der Waals surface area contributed by atoms with Gasteiger partial charge in [0.25, 0.3) is 0 Å². The fourth-order valence-electron chi connectivity index (χ4n) is 1.52. The fourth-order valence-corrected chi connectivity index (χ4v) is 1.52. The van der Waals surface area contributed by atoms with Crippen molar-refractivity contribution in [2.24, 2.45) is 0 Å². The molecular weight excluding hydrogens is 214 g/mol. The minimum absolute atomic E-state index is 0.642. The summed E-state index contributed by atoms with van der Waals surface area (Å²) in [7, 11) is 1.84. The second-order valence-corrected chi connectivity index (χ2v) is 4.89. The van der Waals surface area contributed by atoms with Crippen LogP contribution in [-0.4, -0.2) is 28.6 Å². The second-order valence-electron chi connectivity index (χ2n) is 4.89. The molecule has 0 fully saturated rings. The van der Waals surface area contributed by atoms with Gasteiger partial charge in [0.1, 0.15) is 5.54 Å². The number of rotatable bonds is 5. The molecule has 0 saturated carbocycles. The van der Waals surface area contributed by atoms with Gasteiger partial charge in [-0.1, -0.05) is 31.2 Å². The lowest BCUT2D eigenvalue weighted by molar-refractivity contribution is -0.148. The minimum atomic E-state index is -0.844. The highest BCUT2D eigenvalue weighted by atomic mass is 16.4. The van der Waals surface area contributed by atoms with E-state index < -0.39 is 11.5 Å². The fraction of sp³-hybridized carbons (Fsp3) is 0.500. The van der Waals surface area contributed by atoms with Crippen molar-refractivity contribution in [3.8, 4) is 0 Å². The van der Waals surface area contributed by atoms with E-state index in [0.717, 1.165) is 12.0 Å². The van der Waals surface area contributed by atoms with E-state index in [1.165, 1.54) is 5.56 Å². The van der Waals surface area contributed by atoms with Crippen molar-refractivity contribution in [1.82, 2.24) is 4.90 Å². The molecule has 17 heavy (non-hydrogen) atoms. The number of aryl methyl sites for hydroxylation is 1. The Morgan fingerprint density at radius 1 is 1.24 bits per heavy atom. The van der Waals surface area contributed by atoms with Crippen molar-refractivity contribution in [3.05, 3.63) is 35.4 Å². The normalized spacial score (nSPS) is 11.8. The maximum Gasteiger partial charge on any atom is 0.323 e. The maximum absolute atomic E-state index is 11.1. The molecule has 1 N–H and O–H groups in total. The van der Waals surface area contributed by atoms with E-state index in [-0.39, 0.29) is 0 Å². The van der Waals surface area contributed by atoms with Crippen molar-refractivity contribution >= 4 is 5.97 Å². The lowest BCUT2D eigenvalue weighted by atomic mass is 10.0. The summed E-state index contributed by atoms with van der Waals surface area (Å²) in [6.07, 6.45) is 1.02. The average Bonchev–Trinajstić information content (AvgIpc) is 2.29. The third-order valence-corrected chi connectivity index (χ3v) is 3.33. The Labute approximate surface area is 103 Å². The third kappa shape index (κ3) is 3.30. The smallest absolute Gasteiger partial charge is 0.323 e. The first-order valence-electron chi connectivity index (χ1n) is 5.90. The molecule has 1 aromatic rings. The first-order chi connectivity index (χ1) is 7.87. The zero-order valence-electron chi connectivity index (χ0n) is 11.0. The van der Waals surface area contributed by atoms with Crippen LogP contribution in [0.3, 0.4) is 0 Å². The summed E-state index contributed by atoms with van der Waals surface area (Å²) in [4.78, 5) is 13.0. The molecule has 0 bridgehead atoms. The summed E-state index contributed by atoms with van der Waals surface area (Å²) in [6.45, 7) is 6.20. The van der Waals surface area contributed by atoms with Gasteiger partial charge in [0.05, 0.1) is 0 Å². The lowest BCUT2D eigenvalue weighted by Gasteiger charge is -2.31. The van der Waals surface area contributed by atoms with Crippen LogP contribution in [0.4, 0.5) is 0 Å². The number of hydrogen-bond acceptors (Lipinski definition) is 2. The van der Waals surface area contributed by atoms with Gasteiger partial charge in [-0.2, -0.15) is 0 Å². The Morgan fingerprint density at radius 2 is 1.71 bits per heavy atom. The van der Waals surface area contributed by atoms with E-state index in [4.69, 9.17) is 5.11 Å². The van der Waals surface area contributed by atoms with Crippen LogP contribution in [0.2, 0.25) is 0 Å². The highest BCUT2D eigenvalue weighted by Crippen LogP contribution is 2.16. The molecule has 0 aliphatic heterocycles. The van der Waals surface area contributed by atoms with Crippen LogP contribution in [-0.2, 0) is 17.8 Å². The van der Waals surface area contributed by atoms with Crippen LogP contribution >= 0.6 is 0 Å². The number of hydrogen-bond donors (Lipinski definition) is 1. The number of nitrogens with zero attached hydrogens (tertiary/aromatic N) is 1. The molecule has 0 saturated heterocycles. The quantitative estimate of drug-likeness (QED) is 0.852. The van der Waals surface area contributed by atoms with Gasteiger partial charge in [-0.25, -0.2) is 0 Å². The molecule has 0 aliphatic rings. The summed E-state index contributed by atoms with van der Waals surface area (Å²) >= 11 is 0. The van der Waals surface area contributed by atoms with E-state index in [2.05, 4.69) is 31.2 Å². The van der Waals surface area contributed by atoms with Crippen LogP contribution in [0.25, 0.3) is 0 Å². The number of aliphatic carboxylic acids is 1. The second kappa shape index (κ2) is 5.32. The number of carbonyl (C=O) groups is 1. The van der Waals surface area contributed by atoms with Gasteiger partial charge in [0.2, 0.25) is 0 Å². The summed E-state index contributed by atoms with van der Waals surface area (Å²) in [6, 6.07) is 8.31. The zero-order chi connectivity index (χ0) is 13.1. The molecule has 0 atom stereocenters. The van der Waals surface area contributed by atoms with Gasteiger partial charge in [0, 0.05) is 6.54 Å². The topological polar surface area (TPSA) is 40.5 Å². The van der Waals surface area contributed by atoms with Gasteiger partial charge in [0.15, 0.2) is 0 Å². The minimum Gasteiger partial charge on any atom is -0.480 e. The molecule has 0 aromatic heterocycles. The van der Waals surface area contributed by atoms with Crippen molar-refractivity contribution in [1.29, 1.82) is 0 Å². The van der Waals surface area contributed by atoms with E-state index in [9.17, 15) is 4.79 Å². The molecule has 0 heterocycles.